The number of nitrogens with zero attached hydrogens (tertiary/aromatic N) is 4. The third-order valence-corrected chi connectivity index (χ3v) is 2.32. The zero-order chi connectivity index (χ0) is 12.3. The fraction of sp³-hybridized carbons (Fsp3) is 0.0909. The lowest BCUT2D eigenvalue weighted by Crippen LogP contribution is -2.26. The fourth-order valence-electron chi connectivity index (χ4n) is 1.35. The van der Waals surface area contributed by atoms with E-state index in [-0.39, 0.29) is 11.6 Å². The van der Waals surface area contributed by atoms with Crippen LogP contribution in [-0.4, -0.2) is 28.4 Å². The monoisotopic (exact) mass is 227 g/mol. The molecule has 1 amide bonds. The molecule has 0 aliphatic heterocycles. The normalized spacial score (nSPS) is 9.65. The number of carbonyl (C=O) groups is 1. The lowest BCUT2D eigenvalue weighted by atomic mass is 10.2. The number of nitriles is 1. The van der Waals surface area contributed by atoms with Gasteiger partial charge in [-0.15, -0.1) is 0 Å². The molecule has 0 unspecified atom stereocenters. The van der Waals surface area contributed by atoms with Gasteiger partial charge in [0.15, 0.2) is 5.69 Å². The third-order valence-electron chi connectivity index (χ3n) is 2.32. The van der Waals surface area contributed by atoms with Crippen molar-refractivity contribution >= 4 is 11.6 Å². The lowest BCUT2D eigenvalue weighted by molar-refractivity contribution is 0.0988. The van der Waals surface area contributed by atoms with Gasteiger partial charge in [-0.2, -0.15) is 20.7 Å². The lowest BCUT2D eigenvalue weighted by Gasteiger charge is -2.15. The molecule has 0 bridgehead atoms. The van der Waals surface area contributed by atoms with Crippen molar-refractivity contribution < 1.29 is 4.79 Å². The number of nitrogens with one attached hydrogen (secondary N) is 1. The Hall–Kier alpha value is -2.68. The molecule has 0 aliphatic carbocycles. The molecule has 0 fully saturated rings. The molecule has 84 valence electrons. The zero-order valence-electron chi connectivity index (χ0n) is 9.08. The number of aromatic amines is 1. The molecule has 1 aromatic carbocycles. The highest BCUT2D eigenvalue weighted by molar-refractivity contribution is 6.04. The van der Waals surface area contributed by atoms with Crippen LogP contribution in [-0.2, 0) is 0 Å². The Morgan fingerprint density at radius 1 is 1.41 bits per heavy atom. The van der Waals surface area contributed by atoms with Crippen LogP contribution in [0.5, 0.6) is 0 Å². The molecule has 0 atom stereocenters. The standard InChI is InChI=1S/C11H9N5O/c1-16(11(17)10-7-13-15-14-10)9-4-2-8(6-12)3-5-9/h2-5,7H,1H3,(H,13,14,15). The van der Waals surface area contributed by atoms with E-state index in [1.807, 2.05) is 6.07 Å². The Kier molecular flexibility index (Phi) is 2.83. The quantitative estimate of drug-likeness (QED) is 0.827. The van der Waals surface area contributed by atoms with Crippen molar-refractivity contribution in [1.29, 1.82) is 5.26 Å². The van der Waals surface area contributed by atoms with Crippen molar-refractivity contribution in [3.8, 4) is 6.07 Å². The van der Waals surface area contributed by atoms with E-state index in [0.717, 1.165) is 0 Å². The van der Waals surface area contributed by atoms with Crippen LogP contribution in [0, 0.1) is 11.3 Å². The average Bonchev–Trinajstić information content (AvgIpc) is 2.91. The summed E-state index contributed by atoms with van der Waals surface area (Å²) in [6.07, 6.45) is 1.36. The maximum absolute atomic E-state index is 11.9. The molecule has 0 spiro atoms. The maximum atomic E-state index is 11.9. The van der Waals surface area contributed by atoms with Gasteiger partial charge in [-0.1, -0.05) is 0 Å². The van der Waals surface area contributed by atoms with Crippen LogP contribution in [0.4, 0.5) is 5.69 Å². The van der Waals surface area contributed by atoms with Crippen LogP contribution in [0.3, 0.4) is 0 Å². The van der Waals surface area contributed by atoms with Gasteiger partial charge in [-0.3, -0.25) is 4.79 Å². The fourth-order valence-corrected chi connectivity index (χ4v) is 1.35. The van der Waals surface area contributed by atoms with E-state index in [9.17, 15) is 4.79 Å². The average molecular weight is 227 g/mol. The minimum absolute atomic E-state index is 0.247. The third kappa shape index (κ3) is 2.13. The molecule has 1 heterocycles. The Balaban J connectivity index is 2.22. The zero-order valence-corrected chi connectivity index (χ0v) is 9.08. The number of aromatic nitrogens is 3. The summed E-state index contributed by atoms with van der Waals surface area (Å²) in [5.41, 5.74) is 1.49. The first-order valence-corrected chi connectivity index (χ1v) is 4.86. The molecule has 6 nitrogen and oxygen atoms in total. The van der Waals surface area contributed by atoms with Crippen molar-refractivity contribution in [3.63, 3.8) is 0 Å². The smallest absolute Gasteiger partial charge is 0.280 e. The number of rotatable bonds is 2. The molecule has 17 heavy (non-hydrogen) atoms. The summed E-state index contributed by atoms with van der Waals surface area (Å²) in [6, 6.07) is 8.74. The largest absolute Gasteiger partial charge is 0.310 e. The van der Waals surface area contributed by atoms with Gasteiger partial charge in [0.25, 0.3) is 5.91 Å². The van der Waals surface area contributed by atoms with Crippen LogP contribution >= 0.6 is 0 Å². The molecule has 6 heteroatoms. The summed E-state index contributed by atoms with van der Waals surface area (Å²) in [7, 11) is 1.64. The highest BCUT2D eigenvalue weighted by atomic mass is 16.2. The number of carbonyl (C=O) groups excluding carboxylic acids is 1. The molecule has 1 N–H and O–H groups in total. The summed E-state index contributed by atoms with van der Waals surface area (Å²) in [5.74, 6) is -0.261. The van der Waals surface area contributed by atoms with E-state index < -0.39 is 0 Å². The molecule has 0 saturated heterocycles. The second-order valence-electron chi connectivity index (χ2n) is 3.38. The molecule has 0 aliphatic rings. The van der Waals surface area contributed by atoms with Gasteiger partial charge in [0.2, 0.25) is 0 Å². The highest BCUT2D eigenvalue weighted by Gasteiger charge is 2.15. The Labute approximate surface area is 97.5 Å². The maximum Gasteiger partial charge on any atom is 0.280 e. The van der Waals surface area contributed by atoms with Gasteiger partial charge in [0, 0.05) is 12.7 Å². The number of hydrogen-bond acceptors (Lipinski definition) is 4. The van der Waals surface area contributed by atoms with Crippen LogP contribution in [0.15, 0.2) is 30.5 Å². The molecule has 0 saturated carbocycles. The molecule has 2 aromatic rings. The number of hydrogen-bond donors (Lipinski definition) is 1. The number of benzene rings is 1. The number of amides is 1. The Bertz CT molecular complexity index is 553. The molecule has 2 rings (SSSR count). The predicted molar refractivity (Wildman–Crippen MR) is 60.3 cm³/mol. The summed E-state index contributed by atoms with van der Waals surface area (Å²) in [5, 5.41) is 18.4. The predicted octanol–water partition coefficient (Wildman–Crippen LogP) is 0.953. The second-order valence-corrected chi connectivity index (χ2v) is 3.38. The Morgan fingerprint density at radius 3 is 2.65 bits per heavy atom. The van der Waals surface area contributed by atoms with Gasteiger partial charge >= 0.3 is 0 Å². The van der Waals surface area contributed by atoms with E-state index in [1.165, 1.54) is 11.1 Å². The minimum Gasteiger partial charge on any atom is -0.310 e. The van der Waals surface area contributed by atoms with E-state index in [0.29, 0.717) is 11.3 Å². The van der Waals surface area contributed by atoms with Gasteiger partial charge in [-0.05, 0) is 24.3 Å². The molecular weight excluding hydrogens is 218 g/mol. The van der Waals surface area contributed by atoms with Crippen molar-refractivity contribution in [2.75, 3.05) is 11.9 Å². The van der Waals surface area contributed by atoms with Crippen molar-refractivity contribution in [2.45, 2.75) is 0 Å². The summed E-state index contributed by atoms with van der Waals surface area (Å²) < 4.78 is 0. The van der Waals surface area contributed by atoms with Gasteiger partial charge in [0.05, 0.1) is 17.8 Å². The summed E-state index contributed by atoms with van der Waals surface area (Å²) in [6.45, 7) is 0. The van der Waals surface area contributed by atoms with Crippen LogP contribution in [0.1, 0.15) is 16.1 Å². The van der Waals surface area contributed by atoms with Gasteiger partial charge < -0.3 is 4.90 Å². The van der Waals surface area contributed by atoms with Crippen molar-refractivity contribution in [2.24, 2.45) is 0 Å². The topological polar surface area (TPSA) is 85.7 Å². The van der Waals surface area contributed by atoms with Crippen molar-refractivity contribution in [1.82, 2.24) is 15.4 Å². The Morgan fingerprint density at radius 2 is 2.12 bits per heavy atom. The first-order chi connectivity index (χ1) is 8.22. The SMILES string of the molecule is CN(C(=O)c1cn[nH]n1)c1ccc(C#N)cc1. The second kappa shape index (κ2) is 4.45. The number of H-pyrrole nitrogens is 1. The first kappa shape index (κ1) is 10.8. The number of anilines is 1. The van der Waals surface area contributed by atoms with E-state index in [4.69, 9.17) is 5.26 Å². The van der Waals surface area contributed by atoms with Crippen molar-refractivity contribution in [3.05, 3.63) is 41.7 Å². The van der Waals surface area contributed by atoms with Gasteiger partial charge in [-0.25, -0.2) is 0 Å². The highest BCUT2D eigenvalue weighted by Crippen LogP contribution is 2.15. The minimum atomic E-state index is -0.261. The van der Waals surface area contributed by atoms with E-state index >= 15 is 0 Å². The molecule has 1 aromatic heterocycles. The van der Waals surface area contributed by atoms with Crippen LogP contribution < -0.4 is 4.90 Å². The molecule has 0 radical (unpaired) electrons. The van der Waals surface area contributed by atoms with E-state index in [1.54, 1.807) is 31.3 Å². The first-order valence-electron chi connectivity index (χ1n) is 4.86. The van der Waals surface area contributed by atoms with Crippen LogP contribution in [0.2, 0.25) is 0 Å². The summed E-state index contributed by atoms with van der Waals surface area (Å²) >= 11 is 0. The summed E-state index contributed by atoms with van der Waals surface area (Å²) in [4.78, 5) is 13.3. The molecular formula is C11H9N5O. The van der Waals surface area contributed by atoms with Crippen LogP contribution in [0.25, 0.3) is 0 Å². The van der Waals surface area contributed by atoms with E-state index in [2.05, 4.69) is 15.4 Å². The van der Waals surface area contributed by atoms with Gasteiger partial charge in [0.1, 0.15) is 0 Å².